The molecule has 72 heavy (non-hydrogen) atoms. The Morgan fingerprint density at radius 1 is 0.278 bits per heavy atom. The Kier molecular flexibility index (Phi) is 8.05. The Morgan fingerprint density at radius 2 is 0.708 bits per heavy atom. The summed E-state index contributed by atoms with van der Waals surface area (Å²) in [7, 11) is 0. The number of anilines is 3. The Morgan fingerprint density at radius 3 is 1.33 bits per heavy atom. The van der Waals surface area contributed by atoms with Crippen LogP contribution in [0.25, 0.3) is 66.1 Å². The van der Waals surface area contributed by atoms with Gasteiger partial charge in [-0.2, -0.15) is 0 Å². The molecular formula is C70H43NO. The highest BCUT2D eigenvalue weighted by Crippen LogP contribution is 2.67. The predicted molar refractivity (Wildman–Crippen MR) is 295 cm³/mol. The first-order chi connectivity index (χ1) is 35.7. The smallest absolute Gasteiger partial charge is 0.140 e. The number of hydrogen-bond acceptors (Lipinski definition) is 2. The summed E-state index contributed by atoms with van der Waals surface area (Å²) in [6.07, 6.45) is 0. The van der Waals surface area contributed by atoms with Gasteiger partial charge in [-0.3, -0.25) is 0 Å². The summed E-state index contributed by atoms with van der Waals surface area (Å²) < 4.78 is 7.28. The fraction of sp³-hybridized carbons (Fsp3) is 0.0286. The molecule has 4 aliphatic rings. The van der Waals surface area contributed by atoms with Crippen LogP contribution in [0.15, 0.2) is 261 Å². The molecule has 2 spiro atoms. The van der Waals surface area contributed by atoms with Gasteiger partial charge in [0, 0.05) is 38.8 Å². The molecule has 12 aromatic carbocycles. The van der Waals surface area contributed by atoms with Crippen molar-refractivity contribution in [3.63, 3.8) is 0 Å². The van der Waals surface area contributed by atoms with Crippen molar-refractivity contribution in [2.45, 2.75) is 10.8 Å². The highest BCUT2D eigenvalue weighted by atomic mass is 16.5. The predicted octanol–water partition coefficient (Wildman–Crippen LogP) is 17.9. The average molecular weight is 914 g/mol. The van der Waals surface area contributed by atoms with Crippen LogP contribution in [0.4, 0.5) is 17.1 Å². The molecule has 0 saturated carbocycles. The summed E-state index contributed by atoms with van der Waals surface area (Å²) in [6, 6.07) is 97.0. The van der Waals surface area contributed by atoms with Crippen molar-refractivity contribution >= 4 is 38.6 Å². The van der Waals surface area contributed by atoms with E-state index in [4.69, 9.17) is 4.74 Å². The van der Waals surface area contributed by atoms with E-state index in [1.165, 1.54) is 83.5 Å². The number of hydrogen-bond donors (Lipinski definition) is 0. The number of rotatable bonds is 4. The highest BCUT2D eigenvalue weighted by Gasteiger charge is 2.54. The third-order valence-corrected chi connectivity index (χ3v) is 16.5. The van der Waals surface area contributed by atoms with Gasteiger partial charge in [-0.15, -0.1) is 0 Å². The molecule has 0 fully saturated rings. The quantitative estimate of drug-likeness (QED) is 0.174. The van der Waals surface area contributed by atoms with Crippen LogP contribution >= 0.6 is 0 Å². The molecule has 16 rings (SSSR count). The van der Waals surface area contributed by atoms with E-state index in [-0.39, 0.29) is 0 Å². The number of nitrogens with zero attached hydrogens (tertiary/aromatic N) is 1. The molecule has 2 nitrogen and oxygen atoms in total. The zero-order valence-corrected chi connectivity index (χ0v) is 39.2. The van der Waals surface area contributed by atoms with Crippen molar-refractivity contribution < 1.29 is 4.74 Å². The van der Waals surface area contributed by atoms with Crippen LogP contribution in [0, 0.1) is 0 Å². The van der Waals surface area contributed by atoms with Crippen molar-refractivity contribution in [3.05, 3.63) is 305 Å². The summed E-state index contributed by atoms with van der Waals surface area (Å²) in [4.78, 5) is 2.49. The second kappa shape index (κ2) is 14.6. The maximum atomic E-state index is 7.28. The standard InChI is InChI=1S/C70H43NO/c1-2-22-47(23-3-1)71(64-38-18-37-61-66(64)55-30-11-15-35-59(55)69(61)56-32-12-8-27-52(56)53-28-9-13-33-57(53)69)48-24-16-21-46(43-48)49-31-17-36-60-65(49)54-29-10-14-34-58(54)70(60)62-41-39-44-19-4-6-25-50(44)67(62)72-68-51-26-7-5-20-45(51)40-42-63(68)70/h1-43H. The first-order valence-electron chi connectivity index (χ1n) is 25.1. The largest absolute Gasteiger partial charge is 0.455 e. The van der Waals surface area contributed by atoms with Crippen molar-refractivity contribution in [1.29, 1.82) is 0 Å². The van der Waals surface area contributed by atoms with E-state index in [1.807, 2.05) is 0 Å². The minimum absolute atomic E-state index is 0.451. The molecule has 2 heteroatoms. The molecule has 0 bridgehead atoms. The highest BCUT2D eigenvalue weighted by molar-refractivity contribution is 6.04. The number of ether oxygens (including phenoxy) is 1. The van der Waals surface area contributed by atoms with Crippen molar-refractivity contribution in [2.75, 3.05) is 4.90 Å². The minimum Gasteiger partial charge on any atom is -0.455 e. The SMILES string of the molecule is c1ccc(N(c2cccc(-c3cccc4c3-c3ccccc3C43c4ccc5ccccc5c4Oc4c3ccc3ccccc43)c2)c2cccc3c2-c2ccccc2C32c3ccccc3-c3ccccc32)cc1. The lowest BCUT2D eigenvalue weighted by atomic mass is 9.65. The van der Waals surface area contributed by atoms with Crippen molar-refractivity contribution in [3.8, 4) is 56.0 Å². The van der Waals surface area contributed by atoms with Crippen LogP contribution in [0.3, 0.4) is 0 Å². The first-order valence-corrected chi connectivity index (χ1v) is 25.1. The van der Waals surface area contributed by atoms with E-state index in [9.17, 15) is 0 Å². The zero-order chi connectivity index (χ0) is 47.1. The van der Waals surface area contributed by atoms with Crippen LogP contribution in [0.2, 0.25) is 0 Å². The van der Waals surface area contributed by atoms with Crippen molar-refractivity contribution in [2.24, 2.45) is 0 Å². The molecule has 1 heterocycles. The van der Waals surface area contributed by atoms with Crippen LogP contribution in [0.5, 0.6) is 11.5 Å². The van der Waals surface area contributed by atoms with Gasteiger partial charge in [-0.1, -0.05) is 231 Å². The minimum atomic E-state index is -0.641. The van der Waals surface area contributed by atoms with Gasteiger partial charge in [0.1, 0.15) is 11.5 Å². The Balaban J connectivity index is 0.935. The normalized spacial score (nSPS) is 14.2. The van der Waals surface area contributed by atoms with Gasteiger partial charge in [-0.25, -0.2) is 0 Å². The third-order valence-electron chi connectivity index (χ3n) is 16.5. The van der Waals surface area contributed by atoms with E-state index < -0.39 is 10.8 Å². The van der Waals surface area contributed by atoms with Crippen LogP contribution in [-0.2, 0) is 10.8 Å². The average Bonchev–Trinajstić information content (AvgIpc) is 4.04. The van der Waals surface area contributed by atoms with Gasteiger partial charge in [-0.05, 0) is 113 Å². The number of fused-ring (bicyclic) bond motifs is 23. The summed E-state index contributed by atoms with van der Waals surface area (Å²) in [5.41, 5.74) is 22.5. The van der Waals surface area contributed by atoms with Gasteiger partial charge in [0.2, 0.25) is 0 Å². The molecule has 0 unspecified atom stereocenters. The van der Waals surface area contributed by atoms with E-state index in [0.717, 1.165) is 55.7 Å². The topological polar surface area (TPSA) is 12.5 Å². The third kappa shape index (κ3) is 4.98. The summed E-state index contributed by atoms with van der Waals surface area (Å²) in [5, 5.41) is 4.56. The lowest BCUT2D eigenvalue weighted by molar-refractivity contribution is 0.447. The van der Waals surface area contributed by atoms with Gasteiger partial charge in [0.25, 0.3) is 0 Å². The molecule has 0 saturated heterocycles. The van der Waals surface area contributed by atoms with Crippen LogP contribution < -0.4 is 9.64 Å². The molecule has 334 valence electrons. The molecule has 1 aliphatic heterocycles. The molecule has 0 atom stereocenters. The Labute approximate surface area is 418 Å². The number of benzene rings is 12. The molecule has 0 amide bonds. The molecule has 0 aromatic heterocycles. The van der Waals surface area contributed by atoms with E-state index in [1.54, 1.807) is 0 Å². The molecule has 12 aromatic rings. The van der Waals surface area contributed by atoms with Gasteiger partial charge >= 0.3 is 0 Å². The summed E-state index contributed by atoms with van der Waals surface area (Å²) in [6.45, 7) is 0. The van der Waals surface area contributed by atoms with Gasteiger partial charge in [0.15, 0.2) is 0 Å². The second-order valence-electron chi connectivity index (χ2n) is 19.8. The van der Waals surface area contributed by atoms with E-state index >= 15 is 0 Å². The Hall–Kier alpha value is -9.24. The monoisotopic (exact) mass is 913 g/mol. The van der Waals surface area contributed by atoms with Crippen LogP contribution in [-0.4, -0.2) is 0 Å². The fourth-order valence-electron chi connectivity index (χ4n) is 13.8. The second-order valence-corrected chi connectivity index (χ2v) is 19.8. The maximum Gasteiger partial charge on any atom is 0.140 e. The van der Waals surface area contributed by atoms with Gasteiger partial charge in [0.05, 0.1) is 16.5 Å². The zero-order valence-electron chi connectivity index (χ0n) is 39.2. The Bertz CT molecular complexity index is 4150. The first kappa shape index (κ1) is 39.6. The lowest BCUT2D eigenvalue weighted by Gasteiger charge is -2.40. The lowest BCUT2D eigenvalue weighted by Crippen LogP contribution is -2.32. The van der Waals surface area contributed by atoms with Gasteiger partial charge < -0.3 is 9.64 Å². The van der Waals surface area contributed by atoms with Crippen molar-refractivity contribution in [1.82, 2.24) is 0 Å². The molecular weight excluding hydrogens is 871 g/mol. The van der Waals surface area contributed by atoms with Crippen LogP contribution in [0.1, 0.15) is 44.5 Å². The maximum absolute atomic E-state index is 7.28. The summed E-state index contributed by atoms with van der Waals surface area (Å²) >= 11 is 0. The molecule has 3 aliphatic carbocycles. The molecule has 0 N–H and O–H groups in total. The van der Waals surface area contributed by atoms with E-state index in [0.29, 0.717) is 0 Å². The fourth-order valence-corrected chi connectivity index (χ4v) is 13.8. The van der Waals surface area contributed by atoms with E-state index in [2.05, 4.69) is 266 Å². The molecule has 0 radical (unpaired) electrons. The summed E-state index contributed by atoms with van der Waals surface area (Å²) in [5.74, 6) is 1.85. The number of para-hydroxylation sites is 1.